The first kappa shape index (κ1) is 48.3. The minimum Gasteiger partial charge on any atom is -0.310 e. The molecule has 10 aromatic carbocycles. The van der Waals surface area contributed by atoms with E-state index in [0.29, 0.717) is 0 Å². The Kier molecular flexibility index (Phi) is 11.1. The first-order valence-corrected chi connectivity index (χ1v) is 29.5. The molecule has 0 N–H and O–H groups in total. The molecule has 0 aliphatic heterocycles. The maximum Gasteiger partial charge on any atom is 0.0815 e. The molecular formula is C76H58N2S2. The predicted octanol–water partition coefficient (Wildman–Crippen LogP) is 20.4. The predicted molar refractivity (Wildman–Crippen MR) is 337 cm³/mol. The van der Waals surface area contributed by atoms with Gasteiger partial charge >= 0.3 is 0 Å². The van der Waals surface area contributed by atoms with E-state index in [4.69, 9.17) is 0 Å². The molecule has 12 aromatic rings. The molecule has 384 valence electrons. The topological polar surface area (TPSA) is 6.48 Å². The van der Waals surface area contributed by atoms with E-state index in [1.807, 2.05) is 22.7 Å². The van der Waals surface area contributed by atoms with Gasteiger partial charge < -0.3 is 9.80 Å². The van der Waals surface area contributed by atoms with E-state index >= 15 is 0 Å². The highest BCUT2D eigenvalue weighted by Gasteiger charge is 2.62. The van der Waals surface area contributed by atoms with Crippen LogP contribution in [0.5, 0.6) is 0 Å². The second kappa shape index (κ2) is 18.4. The van der Waals surface area contributed by atoms with Gasteiger partial charge in [-0.15, -0.1) is 22.7 Å². The van der Waals surface area contributed by atoms with Gasteiger partial charge in [0.2, 0.25) is 0 Å². The summed E-state index contributed by atoms with van der Waals surface area (Å²) in [6.45, 7) is 9.74. The van der Waals surface area contributed by atoms with Crippen LogP contribution in [0, 0.1) is 0 Å². The minimum atomic E-state index is -0.678. The van der Waals surface area contributed by atoms with Gasteiger partial charge in [-0.2, -0.15) is 0 Å². The number of fused-ring (bicyclic) bond motifs is 14. The third kappa shape index (κ3) is 6.95. The van der Waals surface area contributed by atoms with E-state index in [1.54, 1.807) is 0 Å². The van der Waals surface area contributed by atoms with Gasteiger partial charge in [0.15, 0.2) is 0 Å². The van der Waals surface area contributed by atoms with Crippen molar-refractivity contribution in [3.8, 4) is 20.9 Å². The van der Waals surface area contributed by atoms with Gasteiger partial charge in [0.1, 0.15) is 0 Å². The van der Waals surface area contributed by atoms with E-state index in [-0.39, 0.29) is 10.8 Å². The summed E-state index contributed by atoms with van der Waals surface area (Å²) in [5.74, 6) is 0. The molecular weight excluding hydrogens is 1000 g/mol. The van der Waals surface area contributed by atoms with E-state index in [2.05, 4.69) is 317 Å². The van der Waals surface area contributed by atoms with Crippen molar-refractivity contribution in [3.05, 3.63) is 344 Å². The van der Waals surface area contributed by atoms with Crippen molar-refractivity contribution in [1.82, 2.24) is 0 Å². The van der Waals surface area contributed by atoms with E-state index in [9.17, 15) is 0 Å². The van der Waals surface area contributed by atoms with E-state index in [0.717, 1.165) is 34.1 Å². The summed E-state index contributed by atoms with van der Waals surface area (Å²) < 4.78 is 0. The number of hydrogen-bond donors (Lipinski definition) is 0. The molecule has 0 saturated heterocycles. The number of benzene rings is 10. The average molecular weight is 1060 g/mol. The number of anilines is 6. The monoisotopic (exact) mass is 1060 g/mol. The normalized spacial score (nSPS) is 15.2. The second-order valence-corrected chi connectivity index (χ2v) is 24.9. The second-order valence-electron chi connectivity index (χ2n) is 22.8. The van der Waals surface area contributed by atoms with Crippen molar-refractivity contribution in [2.45, 2.75) is 49.4 Å². The summed E-state index contributed by atoms with van der Waals surface area (Å²) in [6, 6.07) is 105. The quantitative estimate of drug-likeness (QED) is 0.150. The van der Waals surface area contributed by atoms with Crippen LogP contribution < -0.4 is 9.80 Å². The van der Waals surface area contributed by atoms with Crippen LogP contribution in [0.3, 0.4) is 0 Å². The fourth-order valence-electron chi connectivity index (χ4n) is 14.3. The Morgan fingerprint density at radius 3 is 0.775 bits per heavy atom. The van der Waals surface area contributed by atoms with Gasteiger partial charge in [-0.1, -0.05) is 222 Å². The molecule has 0 bridgehead atoms. The van der Waals surface area contributed by atoms with Crippen LogP contribution in [-0.2, 0) is 21.7 Å². The molecule has 0 unspecified atom stereocenters. The van der Waals surface area contributed by atoms with E-state index in [1.165, 1.54) is 86.3 Å². The van der Waals surface area contributed by atoms with Gasteiger partial charge in [-0.05, 0) is 152 Å². The molecule has 3 aliphatic rings. The number of hydrogen-bond acceptors (Lipinski definition) is 4. The van der Waals surface area contributed by atoms with Crippen LogP contribution in [0.1, 0.15) is 93.1 Å². The lowest BCUT2D eigenvalue weighted by Crippen LogP contribution is -2.50. The van der Waals surface area contributed by atoms with Crippen LogP contribution in [0.2, 0.25) is 0 Å². The van der Waals surface area contributed by atoms with Crippen molar-refractivity contribution < 1.29 is 0 Å². The van der Waals surface area contributed by atoms with Gasteiger partial charge in [0.25, 0.3) is 0 Å². The van der Waals surface area contributed by atoms with Crippen molar-refractivity contribution in [3.63, 3.8) is 0 Å². The molecule has 2 nitrogen and oxygen atoms in total. The Bertz CT molecular complexity index is 3820. The largest absolute Gasteiger partial charge is 0.310 e. The Morgan fingerprint density at radius 2 is 0.487 bits per heavy atom. The third-order valence-electron chi connectivity index (χ3n) is 17.8. The lowest BCUT2D eigenvalue weighted by molar-refractivity contribution is 0.522. The highest BCUT2D eigenvalue weighted by Crippen LogP contribution is 2.70. The van der Waals surface area contributed by atoms with E-state index < -0.39 is 10.8 Å². The fourth-order valence-corrected chi connectivity index (χ4v) is 17.2. The Hall–Kier alpha value is -8.80. The summed E-state index contributed by atoms with van der Waals surface area (Å²) in [4.78, 5) is 10.0. The SMILES string of the molecule is CC1(C)c2ccccc2C2(c3ccccc31)c1cc(-c3cccc(N(c4ccccc4)c4ccccc4)c3)sc1C1(c3ccccc3C(C)(C)c3ccccc31)c1cc(-c3cccc(N(c4ccccc4)c4ccccc4)c3)sc12. The lowest BCUT2D eigenvalue weighted by Gasteiger charge is -2.55. The minimum absolute atomic E-state index is 0.264. The van der Waals surface area contributed by atoms with Crippen LogP contribution in [0.4, 0.5) is 34.1 Å². The Morgan fingerprint density at radius 1 is 0.237 bits per heavy atom. The number of thiophene rings is 2. The third-order valence-corrected chi connectivity index (χ3v) is 20.4. The zero-order chi connectivity index (χ0) is 53.8. The highest BCUT2D eigenvalue weighted by molar-refractivity contribution is 7.17. The van der Waals surface area contributed by atoms with Crippen LogP contribution in [0.15, 0.2) is 279 Å². The summed E-state index contributed by atoms with van der Waals surface area (Å²) in [5, 5.41) is 0. The van der Waals surface area contributed by atoms with Gasteiger partial charge in [-0.25, -0.2) is 0 Å². The number of para-hydroxylation sites is 4. The highest BCUT2D eigenvalue weighted by atomic mass is 32.1. The van der Waals surface area contributed by atoms with Crippen molar-refractivity contribution >= 4 is 56.8 Å². The smallest absolute Gasteiger partial charge is 0.0815 e. The Labute approximate surface area is 478 Å². The molecule has 0 fully saturated rings. The lowest BCUT2D eigenvalue weighted by atomic mass is 9.48. The van der Waals surface area contributed by atoms with Gasteiger partial charge in [0, 0.05) is 64.5 Å². The van der Waals surface area contributed by atoms with Gasteiger partial charge in [0.05, 0.1) is 10.8 Å². The summed E-state index contributed by atoms with van der Waals surface area (Å²) in [6.07, 6.45) is 0. The first-order valence-electron chi connectivity index (χ1n) is 27.9. The first-order chi connectivity index (χ1) is 39.2. The summed E-state index contributed by atoms with van der Waals surface area (Å²) in [5.41, 5.74) is 20.8. The van der Waals surface area contributed by atoms with Crippen LogP contribution in [-0.4, -0.2) is 0 Å². The fraction of sp³-hybridized carbons (Fsp3) is 0.105. The zero-order valence-corrected chi connectivity index (χ0v) is 46.9. The molecule has 15 rings (SSSR count). The van der Waals surface area contributed by atoms with Crippen LogP contribution >= 0.6 is 22.7 Å². The molecule has 2 aromatic heterocycles. The zero-order valence-electron chi connectivity index (χ0n) is 45.3. The maximum absolute atomic E-state index is 2.63. The van der Waals surface area contributed by atoms with Crippen molar-refractivity contribution in [2.75, 3.05) is 9.80 Å². The molecule has 2 heterocycles. The van der Waals surface area contributed by atoms with Crippen LogP contribution in [0.25, 0.3) is 20.9 Å². The Balaban J connectivity index is 1.06. The molecule has 0 radical (unpaired) electrons. The van der Waals surface area contributed by atoms with Crippen molar-refractivity contribution in [2.24, 2.45) is 0 Å². The molecule has 0 atom stereocenters. The average Bonchev–Trinajstić information content (AvgIpc) is 2.15. The number of rotatable bonds is 8. The molecule has 4 heteroatoms. The van der Waals surface area contributed by atoms with Gasteiger partial charge in [-0.3, -0.25) is 0 Å². The molecule has 0 saturated carbocycles. The summed E-state index contributed by atoms with van der Waals surface area (Å²) in [7, 11) is 0. The number of nitrogens with zero attached hydrogens (tertiary/aromatic N) is 2. The van der Waals surface area contributed by atoms with Crippen molar-refractivity contribution in [1.29, 1.82) is 0 Å². The molecule has 2 spiro atoms. The summed E-state index contributed by atoms with van der Waals surface area (Å²) >= 11 is 4.00. The maximum atomic E-state index is 2.63. The molecule has 3 aliphatic carbocycles. The molecule has 80 heavy (non-hydrogen) atoms. The molecule has 0 amide bonds. The standard InChI is InChI=1S/C76H58N2S2/c1-73(2)59-39-17-21-43-63(59)75(64-44-22-18-40-60(64)73)67-49-69(51-27-25-37-57(47-51)77(53-29-9-5-10-30-53)54-31-11-6-12-32-54)80-72(67)76(65-45-23-19-41-61(65)74(3,4)62-42-20-24-46-66(62)76)68-50-70(79-71(68)75)52-28-26-38-58(48-52)78(55-33-13-7-14-34-55)56-35-15-8-16-36-56/h5-50H,1-4H3.